The van der Waals surface area contributed by atoms with Crippen LogP contribution in [0.15, 0.2) is 42.5 Å². The lowest BCUT2D eigenvalue weighted by atomic mass is 10.2. The van der Waals surface area contributed by atoms with Crippen LogP contribution >= 0.6 is 0 Å². The Bertz CT molecular complexity index is 343. The van der Waals surface area contributed by atoms with Crippen LogP contribution in [0.2, 0.25) is 0 Å². The van der Waals surface area contributed by atoms with Crippen molar-refractivity contribution in [1.29, 1.82) is 0 Å². The largest absolute Gasteiger partial charge is 0.309 e. The zero-order chi connectivity index (χ0) is 11.8. The Hall–Kier alpha value is -1.57. The van der Waals surface area contributed by atoms with Crippen LogP contribution in [-0.4, -0.2) is 12.5 Å². The van der Waals surface area contributed by atoms with E-state index in [2.05, 4.69) is 6.92 Å². The maximum atomic E-state index is 11.9. The molecule has 0 aliphatic heterocycles. The van der Waals surface area contributed by atoms with Gasteiger partial charge in [-0.2, -0.15) is 0 Å². The topological polar surface area (TPSA) is 20.3 Å². The Labute approximate surface area is 97.6 Å². The van der Waals surface area contributed by atoms with Crippen molar-refractivity contribution in [3.63, 3.8) is 0 Å². The number of unbranched alkanes of at least 4 members (excludes halogenated alkanes) is 1. The molecular weight excluding hydrogens is 198 g/mol. The standard InChI is InChI=1S/C14H19NO/c1-3-5-12-15(14(16)9-4-2)13-10-7-6-8-11-13/h4,6-11H,3,5,12H2,1-2H3. The van der Waals surface area contributed by atoms with E-state index in [-0.39, 0.29) is 5.91 Å². The van der Waals surface area contributed by atoms with Gasteiger partial charge in [-0.3, -0.25) is 4.79 Å². The molecule has 86 valence electrons. The first-order valence-electron chi connectivity index (χ1n) is 5.78. The van der Waals surface area contributed by atoms with Gasteiger partial charge in [0.25, 0.3) is 5.91 Å². The third kappa shape index (κ3) is 3.54. The van der Waals surface area contributed by atoms with Gasteiger partial charge in [-0.25, -0.2) is 0 Å². The fourth-order valence-electron chi connectivity index (χ4n) is 1.52. The number of carbonyl (C=O) groups is 1. The minimum atomic E-state index is 0.0575. The summed E-state index contributed by atoms with van der Waals surface area (Å²) in [7, 11) is 0. The van der Waals surface area contributed by atoms with Crippen molar-refractivity contribution in [3.05, 3.63) is 42.5 Å². The second kappa shape index (κ2) is 6.83. The van der Waals surface area contributed by atoms with Crippen LogP contribution in [0.1, 0.15) is 26.7 Å². The predicted molar refractivity (Wildman–Crippen MR) is 68.5 cm³/mol. The fourth-order valence-corrected chi connectivity index (χ4v) is 1.52. The summed E-state index contributed by atoms with van der Waals surface area (Å²) in [5.41, 5.74) is 0.971. The predicted octanol–water partition coefficient (Wildman–Crippen LogP) is 3.40. The second-order valence-electron chi connectivity index (χ2n) is 3.68. The van der Waals surface area contributed by atoms with Crippen molar-refractivity contribution < 1.29 is 4.79 Å². The summed E-state index contributed by atoms with van der Waals surface area (Å²) >= 11 is 0. The van der Waals surface area contributed by atoms with Crippen molar-refractivity contribution >= 4 is 11.6 Å². The molecule has 0 spiro atoms. The number of carbonyl (C=O) groups excluding carboxylic acids is 1. The molecule has 1 rings (SSSR count). The monoisotopic (exact) mass is 217 g/mol. The van der Waals surface area contributed by atoms with Crippen LogP contribution in [-0.2, 0) is 4.79 Å². The second-order valence-corrected chi connectivity index (χ2v) is 3.68. The molecule has 0 saturated heterocycles. The van der Waals surface area contributed by atoms with Gasteiger partial charge in [0.1, 0.15) is 0 Å². The number of para-hydroxylation sites is 1. The van der Waals surface area contributed by atoms with Gasteiger partial charge in [0.05, 0.1) is 0 Å². The molecule has 0 heterocycles. The first kappa shape index (κ1) is 12.5. The van der Waals surface area contributed by atoms with Crippen molar-refractivity contribution in [1.82, 2.24) is 0 Å². The Morgan fingerprint density at radius 1 is 1.31 bits per heavy atom. The van der Waals surface area contributed by atoms with Gasteiger partial charge >= 0.3 is 0 Å². The first-order valence-corrected chi connectivity index (χ1v) is 5.78. The number of nitrogens with zero attached hydrogens (tertiary/aromatic N) is 1. The highest BCUT2D eigenvalue weighted by molar-refractivity contribution is 6.01. The maximum absolute atomic E-state index is 11.9. The molecule has 1 amide bonds. The highest BCUT2D eigenvalue weighted by Crippen LogP contribution is 2.14. The lowest BCUT2D eigenvalue weighted by Gasteiger charge is -2.21. The van der Waals surface area contributed by atoms with Crippen molar-refractivity contribution in [2.45, 2.75) is 26.7 Å². The summed E-state index contributed by atoms with van der Waals surface area (Å²) in [5, 5.41) is 0. The van der Waals surface area contributed by atoms with Crippen LogP contribution in [0.3, 0.4) is 0 Å². The van der Waals surface area contributed by atoms with Crippen molar-refractivity contribution in [2.75, 3.05) is 11.4 Å². The zero-order valence-electron chi connectivity index (χ0n) is 10.0. The molecule has 0 aliphatic rings. The summed E-state index contributed by atoms with van der Waals surface area (Å²) in [5.74, 6) is 0.0575. The maximum Gasteiger partial charge on any atom is 0.250 e. The molecule has 0 fully saturated rings. The molecule has 16 heavy (non-hydrogen) atoms. The van der Waals surface area contributed by atoms with Crippen LogP contribution in [0.25, 0.3) is 0 Å². The van der Waals surface area contributed by atoms with E-state index in [1.807, 2.05) is 42.2 Å². The third-order valence-corrected chi connectivity index (χ3v) is 2.38. The smallest absolute Gasteiger partial charge is 0.250 e. The van der Waals surface area contributed by atoms with E-state index < -0.39 is 0 Å². The Morgan fingerprint density at radius 2 is 2.00 bits per heavy atom. The molecule has 0 aromatic heterocycles. The molecular formula is C14H19NO. The quantitative estimate of drug-likeness (QED) is 0.692. The molecule has 0 N–H and O–H groups in total. The van der Waals surface area contributed by atoms with E-state index in [1.165, 1.54) is 0 Å². The minimum Gasteiger partial charge on any atom is -0.309 e. The van der Waals surface area contributed by atoms with E-state index >= 15 is 0 Å². The Morgan fingerprint density at radius 3 is 2.56 bits per heavy atom. The average Bonchev–Trinajstić information content (AvgIpc) is 2.31. The normalized spacial score (nSPS) is 10.6. The number of anilines is 1. The van der Waals surface area contributed by atoms with E-state index in [4.69, 9.17) is 0 Å². The number of rotatable bonds is 5. The molecule has 0 aliphatic carbocycles. The Kier molecular flexibility index (Phi) is 5.34. The summed E-state index contributed by atoms with van der Waals surface area (Å²) in [6.45, 7) is 4.77. The number of hydrogen-bond donors (Lipinski definition) is 0. The molecule has 1 aromatic rings. The highest BCUT2D eigenvalue weighted by Gasteiger charge is 2.11. The lowest BCUT2D eigenvalue weighted by molar-refractivity contribution is -0.114. The van der Waals surface area contributed by atoms with E-state index in [9.17, 15) is 4.79 Å². The van der Waals surface area contributed by atoms with Crippen LogP contribution in [0.5, 0.6) is 0 Å². The molecule has 0 atom stereocenters. The highest BCUT2D eigenvalue weighted by atomic mass is 16.2. The SMILES string of the molecule is CC=CC(=O)N(CCCC)c1ccccc1. The number of amides is 1. The van der Waals surface area contributed by atoms with E-state index in [0.29, 0.717) is 0 Å². The van der Waals surface area contributed by atoms with Crippen molar-refractivity contribution in [2.24, 2.45) is 0 Å². The van der Waals surface area contributed by atoms with Gasteiger partial charge in [-0.15, -0.1) is 0 Å². The number of hydrogen-bond acceptors (Lipinski definition) is 1. The molecule has 0 radical (unpaired) electrons. The summed E-state index contributed by atoms with van der Waals surface area (Å²) < 4.78 is 0. The van der Waals surface area contributed by atoms with Crippen molar-refractivity contribution in [3.8, 4) is 0 Å². The van der Waals surface area contributed by atoms with Crippen LogP contribution in [0, 0.1) is 0 Å². The van der Waals surface area contributed by atoms with Gasteiger partial charge in [0, 0.05) is 12.2 Å². The minimum absolute atomic E-state index is 0.0575. The van der Waals surface area contributed by atoms with E-state index in [0.717, 1.165) is 25.1 Å². The molecule has 0 saturated carbocycles. The zero-order valence-corrected chi connectivity index (χ0v) is 10.0. The summed E-state index contributed by atoms with van der Waals surface area (Å²) in [6, 6.07) is 9.81. The lowest BCUT2D eigenvalue weighted by Crippen LogP contribution is -2.30. The van der Waals surface area contributed by atoms with Crippen LogP contribution in [0.4, 0.5) is 5.69 Å². The molecule has 0 bridgehead atoms. The first-order chi connectivity index (χ1) is 7.79. The van der Waals surface area contributed by atoms with Gasteiger partial charge in [-0.05, 0) is 31.6 Å². The van der Waals surface area contributed by atoms with Gasteiger partial charge in [0.15, 0.2) is 0 Å². The summed E-state index contributed by atoms with van der Waals surface area (Å²) in [4.78, 5) is 13.7. The number of allylic oxidation sites excluding steroid dienone is 1. The average molecular weight is 217 g/mol. The summed E-state index contributed by atoms with van der Waals surface area (Å²) in [6.07, 6.45) is 5.51. The third-order valence-electron chi connectivity index (χ3n) is 2.38. The fraction of sp³-hybridized carbons (Fsp3) is 0.357. The molecule has 1 aromatic carbocycles. The van der Waals surface area contributed by atoms with Gasteiger partial charge < -0.3 is 4.90 Å². The molecule has 2 heteroatoms. The van der Waals surface area contributed by atoms with Gasteiger partial charge in [-0.1, -0.05) is 37.6 Å². The molecule has 0 unspecified atom stereocenters. The number of benzene rings is 1. The van der Waals surface area contributed by atoms with E-state index in [1.54, 1.807) is 12.2 Å². The Balaban J connectivity index is 2.83. The van der Waals surface area contributed by atoms with Gasteiger partial charge in [0.2, 0.25) is 0 Å². The van der Waals surface area contributed by atoms with Crippen LogP contribution < -0.4 is 4.90 Å². The molecule has 2 nitrogen and oxygen atoms in total.